The van der Waals surface area contributed by atoms with Crippen LogP contribution in [-0.2, 0) is 4.79 Å². The minimum Gasteiger partial charge on any atom is -0.465 e. The molecule has 1 aromatic rings. The molecule has 2 aliphatic rings. The number of amides is 1. The third kappa shape index (κ3) is 4.93. The molecule has 1 amide bonds. The van der Waals surface area contributed by atoms with Gasteiger partial charge in [0.05, 0.1) is 6.54 Å². The first-order valence-electron chi connectivity index (χ1n) is 10.8. The molecule has 1 aliphatic carbocycles. The molecular weight excluding hydrogens is 411 g/mol. The summed E-state index contributed by atoms with van der Waals surface area (Å²) in [5.41, 5.74) is 2.95. The van der Waals surface area contributed by atoms with Gasteiger partial charge >= 0.3 is 6.09 Å². The highest BCUT2D eigenvalue weighted by atomic mass is 19.1. The Labute approximate surface area is 188 Å². The Morgan fingerprint density at radius 3 is 2.41 bits per heavy atom. The summed E-state index contributed by atoms with van der Waals surface area (Å²) < 4.78 is 13.7. The van der Waals surface area contributed by atoms with E-state index in [-0.39, 0.29) is 30.5 Å². The van der Waals surface area contributed by atoms with Gasteiger partial charge in [0.1, 0.15) is 11.9 Å². The van der Waals surface area contributed by atoms with Crippen molar-refractivity contribution >= 4 is 17.4 Å². The third-order valence-corrected chi connectivity index (χ3v) is 5.62. The molecule has 1 heterocycles. The van der Waals surface area contributed by atoms with Crippen molar-refractivity contribution in [3.05, 3.63) is 64.8 Å². The average Bonchev–Trinajstić information content (AvgIpc) is 2.66. The van der Waals surface area contributed by atoms with Gasteiger partial charge in [-0.25, -0.2) is 9.18 Å². The molecule has 7 heteroatoms. The van der Waals surface area contributed by atoms with Crippen LogP contribution in [0.1, 0.15) is 46.6 Å². The number of hydrogen-bond acceptors (Lipinski definition) is 4. The predicted octanol–water partition coefficient (Wildman–Crippen LogP) is 4.43. The number of allylic oxidation sites excluding steroid dienone is 3. The van der Waals surface area contributed by atoms with Crippen LogP contribution in [0.2, 0.25) is 0 Å². The van der Waals surface area contributed by atoms with Crippen molar-refractivity contribution in [2.75, 3.05) is 13.1 Å². The highest BCUT2D eigenvalue weighted by molar-refractivity contribution is 5.97. The maximum atomic E-state index is 13.7. The number of halogens is 1. The maximum Gasteiger partial charge on any atom is 0.408 e. The minimum absolute atomic E-state index is 0.0848. The summed E-state index contributed by atoms with van der Waals surface area (Å²) in [6.45, 7) is 10.3. The largest absolute Gasteiger partial charge is 0.465 e. The summed E-state index contributed by atoms with van der Waals surface area (Å²) in [4.78, 5) is 27.7. The lowest BCUT2D eigenvalue weighted by atomic mass is 9.81. The van der Waals surface area contributed by atoms with E-state index in [0.717, 1.165) is 11.3 Å². The number of benzene rings is 1. The van der Waals surface area contributed by atoms with E-state index in [4.69, 9.17) is 0 Å². The van der Waals surface area contributed by atoms with Gasteiger partial charge in [-0.3, -0.25) is 9.69 Å². The number of hydrogen-bond donors (Lipinski definition) is 2. The summed E-state index contributed by atoms with van der Waals surface area (Å²) in [5.74, 6) is -0.399. The Kier molecular flexibility index (Phi) is 6.60. The van der Waals surface area contributed by atoms with E-state index in [1.54, 1.807) is 12.1 Å². The van der Waals surface area contributed by atoms with Gasteiger partial charge in [0.15, 0.2) is 5.78 Å². The second kappa shape index (κ2) is 8.90. The maximum absolute atomic E-state index is 13.7. The van der Waals surface area contributed by atoms with E-state index in [1.165, 1.54) is 23.1 Å². The van der Waals surface area contributed by atoms with Gasteiger partial charge in [-0.05, 0) is 61.6 Å². The first kappa shape index (κ1) is 23.7. The molecule has 0 spiro atoms. The van der Waals surface area contributed by atoms with Crippen LogP contribution in [0.25, 0.3) is 5.57 Å². The van der Waals surface area contributed by atoms with Gasteiger partial charge in [-0.1, -0.05) is 26.0 Å². The summed E-state index contributed by atoms with van der Waals surface area (Å²) in [6.07, 6.45) is 1.22. The lowest BCUT2D eigenvalue weighted by molar-refractivity contribution is -0.124. The molecule has 3 rings (SSSR count). The molecule has 2 N–H and O–H groups in total. The van der Waals surface area contributed by atoms with Crippen molar-refractivity contribution in [3.8, 4) is 0 Å². The van der Waals surface area contributed by atoms with Crippen molar-refractivity contribution in [2.24, 2.45) is 5.92 Å². The quantitative estimate of drug-likeness (QED) is 0.705. The zero-order chi connectivity index (χ0) is 23.8. The van der Waals surface area contributed by atoms with E-state index in [9.17, 15) is 24.2 Å². The van der Waals surface area contributed by atoms with Gasteiger partial charge in [0.2, 0.25) is 0 Å². The smallest absolute Gasteiger partial charge is 0.408 e. The van der Waals surface area contributed by atoms with Crippen molar-refractivity contribution < 1.29 is 24.2 Å². The third-order valence-electron chi connectivity index (χ3n) is 5.62. The first-order chi connectivity index (χ1) is 14.9. The number of Topliss-reactive ketones (excluding diaryl/α,β-unsaturated/α-hetero) is 1. The number of aliphatic hydroxyl groups excluding tert-OH is 1. The number of nitrogens with zero attached hydrogens (tertiary/aromatic N) is 2. The number of carbonyl (C=O) groups is 2. The van der Waals surface area contributed by atoms with Crippen LogP contribution >= 0.6 is 0 Å². The molecule has 1 aliphatic heterocycles. The van der Waals surface area contributed by atoms with Crippen molar-refractivity contribution in [1.29, 1.82) is 0 Å². The Balaban J connectivity index is 2.27. The molecule has 0 saturated heterocycles. The van der Waals surface area contributed by atoms with E-state index in [2.05, 4.69) is 13.8 Å². The molecule has 0 radical (unpaired) electrons. The van der Waals surface area contributed by atoms with Crippen LogP contribution in [0.3, 0.4) is 0 Å². The fraction of sp³-hybridized carbons (Fsp3) is 0.440. The SMILES string of the molecule is CC(C)CN1C=C2CC(=O)C(O)C=C2C(c2ccc(F)cc2)=C1CN(C(=O)O)C(C)(C)C. The molecule has 1 unspecified atom stereocenters. The zero-order valence-electron chi connectivity index (χ0n) is 19.2. The summed E-state index contributed by atoms with van der Waals surface area (Å²) >= 11 is 0. The lowest BCUT2D eigenvalue weighted by Gasteiger charge is -2.41. The standard InChI is InChI=1S/C25H31FN2O4/c1-15(2)12-27-13-17-10-21(29)22(30)11-19(17)23(16-6-8-18(26)9-7-16)20(27)14-28(24(31)32)25(3,4)5/h6-9,11,13,15,22,30H,10,12,14H2,1-5H3,(H,31,32). The lowest BCUT2D eigenvalue weighted by Crippen LogP contribution is -2.48. The molecule has 6 nitrogen and oxygen atoms in total. The molecule has 0 bridgehead atoms. The van der Waals surface area contributed by atoms with Crippen molar-refractivity contribution in [2.45, 2.75) is 52.7 Å². The monoisotopic (exact) mass is 442 g/mol. The molecule has 1 aromatic carbocycles. The van der Waals surface area contributed by atoms with Gasteiger partial charge in [-0.2, -0.15) is 0 Å². The Morgan fingerprint density at radius 1 is 1.25 bits per heavy atom. The number of fused-ring (bicyclic) bond motifs is 1. The second-order valence-electron chi connectivity index (χ2n) is 9.74. The number of rotatable bonds is 5. The Morgan fingerprint density at radius 2 is 1.88 bits per heavy atom. The first-order valence-corrected chi connectivity index (χ1v) is 10.8. The topological polar surface area (TPSA) is 81.1 Å². The Hall–Kier alpha value is -2.93. The second-order valence-corrected chi connectivity index (χ2v) is 9.74. The summed E-state index contributed by atoms with van der Waals surface area (Å²) in [5, 5.41) is 20.2. The van der Waals surface area contributed by atoms with Crippen molar-refractivity contribution in [1.82, 2.24) is 9.80 Å². The predicted molar refractivity (Wildman–Crippen MR) is 121 cm³/mol. The number of aliphatic hydroxyl groups is 1. The van der Waals surface area contributed by atoms with Gasteiger partial charge in [-0.15, -0.1) is 0 Å². The molecule has 32 heavy (non-hydrogen) atoms. The van der Waals surface area contributed by atoms with Crippen LogP contribution in [0.4, 0.5) is 9.18 Å². The average molecular weight is 443 g/mol. The highest BCUT2D eigenvalue weighted by Crippen LogP contribution is 2.42. The Bertz CT molecular complexity index is 1000. The minimum atomic E-state index is -1.23. The van der Waals surface area contributed by atoms with Gasteiger partial charge in [0.25, 0.3) is 0 Å². The van der Waals surface area contributed by atoms with E-state index >= 15 is 0 Å². The zero-order valence-corrected chi connectivity index (χ0v) is 19.2. The van der Waals surface area contributed by atoms with E-state index < -0.39 is 17.7 Å². The molecule has 0 aromatic heterocycles. The molecule has 1 atom stereocenters. The van der Waals surface area contributed by atoms with Crippen molar-refractivity contribution in [3.63, 3.8) is 0 Å². The van der Waals surface area contributed by atoms with Gasteiger partial charge in [0, 0.05) is 36.0 Å². The summed E-state index contributed by atoms with van der Waals surface area (Å²) in [6, 6.07) is 6.00. The number of carboxylic acid groups (broad SMARTS) is 1. The van der Waals surface area contributed by atoms with Crippen LogP contribution in [0.15, 0.2) is 53.4 Å². The molecular formula is C25H31FN2O4. The fourth-order valence-corrected chi connectivity index (χ4v) is 4.08. The van der Waals surface area contributed by atoms with Crippen LogP contribution < -0.4 is 0 Å². The van der Waals surface area contributed by atoms with Crippen LogP contribution in [-0.4, -0.2) is 56.6 Å². The molecule has 0 fully saturated rings. The van der Waals surface area contributed by atoms with Crippen LogP contribution in [0, 0.1) is 11.7 Å². The summed E-state index contributed by atoms with van der Waals surface area (Å²) in [7, 11) is 0. The highest BCUT2D eigenvalue weighted by Gasteiger charge is 2.35. The van der Waals surface area contributed by atoms with Gasteiger partial charge < -0.3 is 15.1 Å². The van der Waals surface area contributed by atoms with E-state index in [0.29, 0.717) is 23.3 Å². The van der Waals surface area contributed by atoms with E-state index in [1.807, 2.05) is 31.9 Å². The molecule has 172 valence electrons. The number of carbonyl (C=O) groups excluding carboxylic acids is 1. The fourth-order valence-electron chi connectivity index (χ4n) is 4.08. The van der Waals surface area contributed by atoms with Crippen LogP contribution in [0.5, 0.6) is 0 Å². The molecule has 0 saturated carbocycles. The number of ketones is 1. The normalized spacial score (nSPS) is 19.1.